The number of benzene rings is 1. The molecule has 20 heavy (non-hydrogen) atoms. The van der Waals surface area contributed by atoms with E-state index < -0.39 is 36.0 Å². The molecule has 8 heteroatoms. The van der Waals surface area contributed by atoms with Crippen LogP contribution in [0.1, 0.15) is 0 Å². The zero-order chi connectivity index (χ0) is 14.7. The third-order valence-electron chi connectivity index (χ3n) is 2.88. The molecule has 110 valence electrons. The highest BCUT2D eigenvalue weighted by Gasteiger charge is 2.31. The summed E-state index contributed by atoms with van der Waals surface area (Å²) in [5.74, 6) is -2.50. The maximum Gasteiger partial charge on any atom is 0.387 e. The highest BCUT2D eigenvalue weighted by molar-refractivity contribution is 5.93. The number of amides is 1. The van der Waals surface area contributed by atoms with E-state index in [1.807, 2.05) is 0 Å². The molecule has 1 aromatic carbocycles. The maximum absolute atomic E-state index is 13.5. The van der Waals surface area contributed by atoms with Crippen molar-refractivity contribution < 1.29 is 27.4 Å². The number of anilines is 1. The van der Waals surface area contributed by atoms with Crippen LogP contribution in [0.3, 0.4) is 0 Å². The molecule has 0 spiro atoms. The number of carbonyl (C=O) groups excluding carboxylic acids is 1. The number of carbonyl (C=O) groups is 1. The Bertz CT molecular complexity index is 499. The van der Waals surface area contributed by atoms with Gasteiger partial charge in [0, 0.05) is 17.8 Å². The van der Waals surface area contributed by atoms with Crippen LogP contribution in [0.15, 0.2) is 18.2 Å². The number of hydrogen-bond acceptors (Lipinski definition) is 4. The van der Waals surface area contributed by atoms with Crippen molar-refractivity contribution in [2.45, 2.75) is 12.7 Å². The van der Waals surface area contributed by atoms with Gasteiger partial charge in [-0.1, -0.05) is 0 Å². The van der Waals surface area contributed by atoms with Gasteiger partial charge in [-0.05, 0) is 12.1 Å². The molecule has 2 atom stereocenters. The van der Waals surface area contributed by atoms with E-state index in [1.165, 1.54) is 6.07 Å². The Morgan fingerprint density at radius 2 is 2.20 bits per heavy atom. The Morgan fingerprint density at radius 1 is 1.45 bits per heavy atom. The van der Waals surface area contributed by atoms with Gasteiger partial charge in [-0.2, -0.15) is 8.78 Å². The second-order valence-electron chi connectivity index (χ2n) is 4.32. The summed E-state index contributed by atoms with van der Waals surface area (Å²) in [6.45, 7) is -2.63. The first-order valence-corrected chi connectivity index (χ1v) is 5.86. The van der Waals surface area contributed by atoms with E-state index in [0.29, 0.717) is 0 Å². The fourth-order valence-electron chi connectivity index (χ4n) is 1.85. The fraction of sp³-hybridized carbons (Fsp3) is 0.417. The first kappa shape index (κ1) is 14.6. The van der Waals surface area contributed by atoms with Crippen molar-refractivity contribution in [1.29, 1.82) is 0 Å². The van der Waals surface area contributed by atoms with Crippen LogP contribution >= 0.6 is 0 Å². The Kier molecular flexibility index (Phi) is 4.46. The maximum atomic E-state index is 13.5. The topological polar surface area (TPSA) is 73.6 Å². The lowest BCUT2D eigenvalue weighted by molar-refractivity contribution is -0.120. The van der Waals surface area contributed by atoms with Gasteiger partial charge in [0.2, 0.25) is 5.91 Å². The van der Waals surface area contributed by atoms with E-state index in [9.17, 15) is 18.0 Å². The average molecular weight is 290 g/mol. The van der Waals surface area contributed by atoms with Gasteiger partial charge in [-0.3, -0.25) is 4.79 Å². The van der Waals surface area contributed by atoms with Gasteiger partial charge in [0.25, 0.3) is 0 Å². The second-order valence-corrected chi connectivity index (χ2v) is 4.32. The number of hydrogen-bond donors (Lipinski definition) is 2. The third kappa shape index (κ3) is 3.40. The first-order chi connectivity index (χ1) is 9.47. The number of halogens is 3. The number of ether oxygens (including phenoxy) is 2. The van der Waals surface area contributed by atoms with Gasteiger partial charge in [0.1, 0.15) is 0 Å². The van der Waals surface area contributed by atoms with Crippen LogP contribution in [0.4, 0.5) is 18.9 Å². The molecule has 1 amide bonds. The molecule has 3 N–H and O–H groups in total. The van der Waals surface area contributed by atoms with Crippen molar-refractivity contribution in [3.63, 3.8) is 0 Å². The van der Waals surface area contributed by atoms with E-state index in [2.05, 4.69) is 10.1 Å². The summed E-state index contributed by atoms with van der Waals surface area (Å²) in [6.07, 6.45) is 0. The molecule has 0 saturated carbocycles. The van der Waals surface area contributed by atoms with Crippen molar-refractivity contribution in [3.05, 3.63) is 24.0 Å². The lowest BCUT2D eigenvalue weighted by Gasteiger charge is -2.14. The SMILES string of the molecule is NC1COCC1C(=O)Nc1ccc(OC(F)F)c(F)c1. The van der Waals surface area contributed by atoms with Crippen molar-refractivity contribution in [2.24, 2.45) is 11.7 Å². The summed E-state index contributed by atoms with van der Waals surface area (Å²) >= 11 is 0. The number of nitrogens with one attached hydrogen (secondary N) is 1. The summed E-state index contributed by atoms with van der Waals surface area (Å²) in [5, 5.41) is 2.45. The van der Waals surface area contributed by atoms with Crippen molar-refractivity contribution in [3.8, 4) is 5.75 Å². The lowest BCUT2D eigenvalue weighted by Crippen LogP contribution is -2.37. The quantitative estimate of drug-likeness (QED) is 0.877. The molecule has 1 aliphatic heterocycles. The number of alkyl halides is 2. The predicted molar refractivity (Wildman–Crippen MR) is 63.9 cm³/mol. The van der Waals surface area contributed by atoms with Crippen molar-refractivity contribution in [1.82, 2.24) is 0 Å². The molecule has 0 radical (unpaired) electrons. The van der Waals surface area contributed by atoms with E-state index in [1.54, 1.807) is 0 Å². The van der Waals surface area contributed by atoms with Gasteiger partial charge in [-0.25, -0.2) is 4.39 Å². The van der Waals surface area contributed by atoms with Crippen LogP contribution < -0.4 is 15.8 Å². The van der Waals surface area contributed by atoms with Crippen LogP contribution in [0.5, 0.6) is 5.75 Å². The van der Waals surface area contributed by atoms with Gasteiger partial charge in [-0.15, -0.1) is 0 Å². The summed E-state index contributed by atoms with van der Waals surface area (Å²) in [6, 6.07) is 2.76. The predicted octanol–water partition coefficient (Wildman–Crippen LogP) is 1.34. The van der Waals surface area contributed by atoms with Gasteiger partial charge >= 0.3 is 6.61 Å². The lowest BCUT2D eigenvalue weighted by atomic mass is 10.0. The third-order valence-corrected chi connectivity index (χ3v) is 2.88. The minimum atomic E-state index is -3.11. The average Bonchev–Trinajstić information content (AvgIpc) is 2.78. The normalized spacial score (nSPS) is 22.1. The summed E-state index contributed by atoms with van der Waals surface area (Å²) < 4.78 is 46.4. The summed E-state index contributed by atoms with van der Waals surface area (Å²) in [5.41, 5.74) is 5.81. The minimum absolute atomic E-state index is 0.133. The molecule has 1 heterocycles. The fourth-order valence-corrected chi connectivity index (χ4v) is 1.85. The molecular formula is C12H13F3N2O3. The largest absolute Gasteiger partial charge is 0.432 e. The van der Waals surface area contributed by atoms with E-state index in [0.717, 1.165) is 12.1 Å². The molecule has 1 saturated heterocycles. The molecule has 0 aliphatic carbocycles. The number of nitrogens with two attached hydrogens (primary N) is 1. The molecule has 0 bridgehead atoms. The molecule has 1 aromatic rings. The molecule has 1 fully saturated rings. The van der Waals surface area contributed by atoms with Crippen molar-refractivity contribution >= 4 is 11.6 Å². The Morgan fingerprint density at radius 3 is 2.75 bits per heavy atom. The molecule has 2 rings (SSSR count). The number of rotatable bonds is 4. The van der Waals surface area contributed by atoms with Gasteiger partial charge in [0.05, 0.1) is 19.1 Å². The molecule has 2 unspecified atom stereocenters. The first-order valence-electron chi connectivity index (χ1n) is 5.86. The Hall–Kier alpha value is -1.80. The van der Waals surface area contributed by atoms with Crippen LogP contribution in [0, 0.1) is 11.7 Å². The summed E-state index contributed by atoms with van der Waals surface area (Å²) in [4.78, 5) is 11.9. The second kappa shape index (κ2) is 6.10. The van der Waals surface area contributed by atoms with Gasteiger partial charge < -0.3 is 20.5 Å². The standard InChI is InChI=1S/C12H13F3N2O3/c13-8-3-6(1-2-10(8)20-12(14)15)17-11(18)7-4-19-5-9(7)16/h1-3,7,9,12H,4-5,16H2,(H,17,18). The molecule has 0 aromatic heterocycles. The molecule has 5 nitrogen and oxygen atoms in total. The van der Waals surface area contributed by atoms with E-state index in [-0.39, 0.29) is 18.9 Å². The smallest absolute Gasteiger partial charge is 0.387 e. The monoisotopic (exact) mass is 290 g/mol. The molecule has 1 aliphatic rings. The summed E-state index contributed by atoms with van der Waals surface area (Å²) in [7, 11) is 0. The van der Waals surface area contributed by atoms with E-state index in [4.69, 9.17) is 10.5 Å². The Labute approximate surface area is 112 Å². The zero-order valence-electron chi connectivity index (χ0n) is 10.3. The van der Waals surface area contributed by atoms with E-state index >= 15 is 0 Å². The van der Waals surface area contributed by atoms with Crippen LogP contribution in [0.25, 0.3) is 0 Å². The Balaban J connectivity index is 2.03. The minimum Gasteiger partial charge on any atom is -0.432 e. The van der Waals surface area contributed by atoms with Crippen LogP contribution in [-0.4, -0.2) is 31.8 Å². The van der Waals surface area contributed by atoms with Crippen LogP contribution in [0.2, 0.25) is 0 Å². The van der Waals surface area contributed by atoms with Crippen LogP contribution in [-0.2, 0) is 9.53 Å². The highest BCUT2D eigenvalue weighted by atomic mass is 19.3. The zero-order valence-corrected chi connectivity index (χ0v) is 10.3. The highest BCUT2D eigenvalue weighted by Crippen LogP contribution is 2.23. The van der Waals surface area contributed by atoms with Crippen molar-refractivity contribution in [2.75, 3.05) is 18.5 Å². The van der Waals surface area contributed by atoms with Gasteiger partial charge in [0.15, 0.2) is 11.6 Å². The molecular weight excluding hydrogens is 277 g/mol.